The Balaban J connectivity index is 1.05. The molecule has 0 N–H and O–H groups in total. The maximum absolute atomic E-state index is 2.48. The Morgan fingerprint density at radius 3 is 1.56 bits per heavy atom. The second kappa shape index (κ2) is 12.8. The Labute approximate surface area is 343 Å². The second-order valence-electron chi connectivity index (χ2n) is 16.6. The first-order chi connectivity index (χ1) is 29.0. The van der Waals surface area contributed by atoms with Crippen LogP contribution in [-0.2, 0) is 5.41 Å². The summed E-state index contributed by atoms with van der Waals surface area (Å²) in [5.41, 5.74) is 19.8. The minimum atomic E-state index is -0.0837. The molecule has 2 aromatic heterocycles. The van der Waals surface area contributed by atoms with Crippen LogP contribution in [0.4, 0.5) is 0 Å². The fraction of sp³-hybridized carbons (Fsp3) is 0.0526. The highest BCUT2D eigenvalue weighted by Crippen LogP contribution is 2.49. The van der Waals surface area contributed by atoms with Crippen molar-refractivity contribution in [3.05, 3.63) is 217 Å². The predicted octanol–water partition coefficient (Wildman–Crippen LogP) is 15.2. The van der Waals surface area contributed by atoms with Gasteiger partial charge in [-0.2, -0.15) is 0 Å². The molecule has 0 spiro atoms. The van der Waals surface area contributed by atoms with E-state index >= 15 is 0 Å². The summed E-state index contributed by atoms with van der Waals surface area (Å²) in [6, 6.07) is 76.2. The lowest BCUT2D eigenvalue weighted by atomic mass is 9.82. The molecule has 2 nitrogen and oxygen atoms in total. The molecule has 59 heavy (non-hydrogen) atoms. The van der Waals surface area contributed by atoms with Crippen molar-refractivity contribution in [3.8, 4) is 55.9 Å². The van der Waals surface area contributed by atoms with Crippen molar-refractivity contribution < 1.29 is 0 Å². The SMILES string of the molecule is CC1(C)c2ccccc2-c2ccc(-n3c4ccccc4c4ccc(-c5cc(-c6ccccc6)cc(-c6ccc7c(c6)c6ccccc6n7-c6ccccc6)c5)cc43)cc21. The van der Waals surface area contributed by atoms with Crippen molar-refractivity contribution in [2.45, 2.75) is 19.3 Å². The molecule has 0 fully saturated rings. The zero-order chi connectivity index (χ0) is 39.2. The first-order valence-electron chi connectivity index (χ1n) is 20.6. The topological polar surface area (TPSA) is 9.86 Å². The summed E-state index contributed by atoms with van der Waals surface area (Å²) < 4.78 is 4.86. The van der Waals surface area contributed by atoms with Crippen molar-refractivity contribution >= 4 is 43.6 Å². The molecular weight excluding hydrogens is 713 g/mol. The molecule has 2 heterocycles. The Morgan fingerprint density at radius 1 is 0.288 bits per heavy atom. The van der Waals surface area contributed by atoms with Crippen LogP contribution in [0, 0.1) is 0 Å². The number of para-hydroxylation sites is 3. The number of hydrogen-bond acceptors (Lipinski definition) is 0. The van der Waals surface area contributed by atoms with Gasteiger partial charge in [0.2, 0.25) is 0 Å². The summed E-state index contributed by atoms with van der Waals surface area (Å²) in [6.07, 6.45) is 0. The van der Waals surface area contributed by atoms with Crippen LogP contribution in [-0.4, -0.2) is 9.13 Å². The lowest BCUT2D eigenvalue weighted by Crippen LogP contribution is -2.15. The van der Waals surface area contributed by atoms with E-state index in [1.807, 2.05) is 0 Å². The molecule has 0 aliphatic heterocycles. The third kappa shape index (κ3) is 5.13. The van der Waals surface area contributed by atoms with Gasteiger partial charge in [-0.1, -0.05) is 147 Å². The van der Waals surface area contributed by atoms with E-state index in [1.54, 1.807) is 0 Å². The van der Waals surface area contributed by atoms with E-state index in [4.69, 9.17) is 0 Å². The van der Waals surface area contributed by atoms with Gasteiger partial charge in [-0.05, 0) is 128 Å². The maximum Gasteiger partial charge on any atom is 0.0547 e. The van der Waals surface area contributed by atoms with Crippen molar-refractivity contribution in [2.75, 3.05) is 0 Å². The Morgan fingerprint density at radius 2 is 0.814 bits per heavy atom. The molecule has 0 radical (unpaired) electrons. The van der Waals surface area contributed by atoms with E-state index < -0.39 is 0 Å². The van der Waals surface area contributed by atoms with Crippen molar-refractivity contribution in [2.24, 2.45) is 0 Å². The number of hydrogen-bond donors (Lipinski definition) is 0. The molecule has 0 saturated heterocycles. The maximum atomic E-state index is 2.48. The van der Waals surface area contributed by atoms with Gasteiger partial charge in [-0.15, -0.1) is 0 Å². The minimum absolute atomic E-state index is 0.0837. The van der Waals surface area contributed by atoms with Gasteiger partial charge < -0.3 is 9.13 Å². The van der Waals surface area contributed by atoms with Gasteiger partial charge in [0, 0.05) is 38.3 Å². The number of nitrogens with zero attached hydrogens (tertiary/aromatic N) is 2. The molecule has 0 amide bonds. The average molecular weight is 753 g/mol. The Bertz CT molecular complexity index is 3450. The largest absolute Gasteiger partial charge is 0.309 e. The van der Waals surface area contributed by atoms with Crippen LogP contribution >= 0.6 is 0 Å². The van der Waals surface area contributed by atoms with Crippen molar-refractivity contribution in [3.63, 3.8) is 0 Å². The quantitative estimate of drug-likeness (QED) is 0.166. The highest BCUT2D eigenvalue weighted by Gasteiger charge is 2.35. The molecule has 0 saturated carbocycles. The first kappa shape index (κ1) is 33.7. The molecule has 0 bridgehead atoms. The van der Waals surface area contributed by atoms with Crippen LogP contribution in [0.1, 0.15) is 25.0 Å². The van der Waals surface area contributed by atoms with Crippen LogP contribution in [0.2, 0.25) is 0 Å². The summed E-state index contributed by atoms with van der Waals surface area (Å²) in [5.74, 6) is 0. The third-order valence-electron chi connectivity index (χ3n) is 12.9. The Kier molecular flexibility index (Phi) is 7.31. The lowest BCUT2D eigenvalue weighted by molar-refractivity contribution is 0.660. The molecule has 1 aliphatic rings. The van der Waals surface area contributed by atoms with E-state index in [9.17, 15) is 0 Å². The van der Waals surface area contributed by atoms with E-state index in [0.717, 1.165) is 0 Å². The summed E-state index contributed by atoms with van der Waals surface area (Å²) in [4.78, 5) is 0. The number of fused-ring (bicyclic) bond motifs is 9. The molecular formula is C57H40N2. The molecule has 9 aromatic carbocycles. The van der Waals surface area contributed by atoms with E-state index in [-0.39, 0.29) is 5.41 Å². The molecule has 2 heteroatoms. The highest BCUT2D eigenvalue weighted by atomic mass is 15.0. The van der Waals surface area contributed by atoms with Gasteiger partial charge in [-0.25, -0.2) is 0 Å². The molecule has 0 unspecified atom stereocenters. The van der Waals surface area contributed by atoms with Gasteiger partial charge in [-0.3, -0.25) is 0 Å². The van der Waals surface area contributed by atoms with Gasteiger partial charge in [0.25, 0.3) is 0 Å². The van der Waals surface area contributed by atoms with E-state index in [2.05, 4.69) is 229 Å². The van der Waals surface area contributed by atoms with Gasteiger partial charge >= 0.3 is 0 Å². The molecule has 0 atom stereocenters. The van der Waals surface area contributed by atoms with Crippen LogP contribution < -0.4 is 0 Å². The number of aromatic nitrogens is 2. The van der Waals surface area contributed by atoms with Crippen molar-refractivity contribution in [1.82, 2.24) is 9.13 Å². The summed E-state index contributed by atoms with van der Waals surface area (Å²) >= 11 is 0. The summed E-state index contributed by atoms with van der Waals surface area (Å²) in [6.45, 7) is 4.73. The van der Waals surface area contributed by atoms with E-state index in [0.29, 0.717) is 0 Å². The Hall–Kier alpha value is -7.42. The van der Waals surface area contributed by atoms with Crippen LogP contribution in [0.5, 0.6) is 0 Å². The van der Waals surface area contributed by atoms with Crippen LogP contribution in [0.25, 0.3) is 99.5 Å². The summed E-state index contributed by atoms with van der Waals surface area (Å²) in [7, 11) is 0. The third-order valence-corrected chi connectivity index (χ3v) is 12.9. The zero-order valence-electron chi connectivity index (χ0n) is 33.0. The normalized spacial score (nSPS) is 13.1. The second-order valence-corrected chi connectivity index (χ2v) is 16.6. The molecule has 11 aromatic rings. The fourth-order valence-corrected chi connectivity index (χ4v) is 10.0. The van der Waals surface area contributed by atoms with Crippen LogP contribution in [0.3, 0.4) is 0 Å². The predicted molar refractivity (Wildman–Crippen MR) is 249 cm³/mol. The lowest BCUT2D eigenvalue weighted by Gasteiger charge is -2.22. The average Bonchev–Trinajstić information content (AvgIpc) is 3.89. The summed E-state index contributed by atoms with van der Waals surface area (Å²) in [5, 5.41) is 5.02. The van der Waals surface area contributed by atoms with Gasteiger partial charge in [0.1, 0.15) is 0 Å². The monoisotopic (exact) mass is 752 g/mol. The first-order valence-corrected chi connectivity index (χ1v) is 20.6. The van der Waals surface area contributed by atoms with Crippen molar-refractivity contribution in [1.29, 1.82) is 0 Å². The minimum Gasteiger partial charge on any atom is -0.309 e. The standard InChI is InChI=1S/C57H40N2/c1-57(2)51-22-12-9-19-45(51)46-29-27-44(36-52(46)57)59-53-23-13-10-20-47(53)49-28-25-39(35-56(49)59)42-32-40(37-15-5-3-6-16-37)31-41(33-42)38-26-30-55-50(34-38)48-21-11-14-24-54(48)58(55)43-17-7-4-8-18-43/h3-36H,1-2H3. The number of rotatable bonds is 5. The molecule has 278 valence electrons. The van der Waals surface area contributed by atoms with Gasteiger partial charge in [0.15, 0.2) is 0 Å². The van der Waals surface area contributed by atoms with Gasteiger partial charge in [0.05, 0.1) is 22.1 Å². The fourth-order valence-electron chi connectivity index (χ4n) is 10.0. The van der Waals surface area contributed by atoms with E-state index in [1.165, 1.54) is 111 Å². The smallest absolute Gasteiger partial charge is 0.0547 e. The molecule has 1 aliphatic carbocycles. The van der Waals surface area contributed by atoms with Crippen LogP contribution in [0.15, 0.2) is 206 Å². The number of benzene rings is 9. The zero-order valence-corrected chi connectivity index (χ0v) is 33.0. The highest BCUT2D eigenvalue weighted by molar-refractivity contribution is 6.12. The molecule has 12 rings (SSSR count).